The van der Waals surface area contributed by atoms with Crippen molar-refractivity contribution < 1.29 is 31.9 Å². The number of carbonyl (C=O) groups excluding carboxylic acids is 2. The summed E-state index contributed by atoms with van der Waals surface area (Å²) in [5.74, 6) is -2.28. The Morgan fingerprint density at radius 2 is 1.97 bits per heavy atom. The monoisotopic (exact) mass is 451 g/mol. The summed E-state index contributed by atoms with van der Waals surface area (Å²) in [4.78, 5) is 29.2. The van der Waals surface area contributed by atoms with E-state index in [9.17, 15) is 27.2 Å². The lowest BCUT2D eigenvalue weighted by Crippen LogP contribution is -2.61. The highest BCUT2D eigenvalue weighted by Gasteiger charge is 2.32. The van der Waals surface area contributed by atoms with E-state index in [-0.39, 0.29) is 48.2 Å². The number of amides is 2. The Balaban J connectivity index is 1.56. The number of rotatable bonds is 5. The number of methoxy groups -OCH3 is 1. The Labute approximate surface area is 178 Å². The van der Waals surface area contributed by atoms with E-state index in [2.05, 4.69) is 20.1 Å². The van der Waals surface area contributed by atoms with Gasteiger partial charge in [0.15, 0.2) is 0 Å². The molecule has 0 saturated carbocycles. The van der Waals surface area contributed by atoms with Gasteiger partial charge in [0, 0.05) is 24.8 Å². The summed E-state index contributed by atoms with van der Waals surface area (Å²) in [6.07, 6.45) is -2.34. The average Bonchev–Trinajstić information content (AvgIpc) is 3.04. The molecule has 0 unspecified atom stereocenters. The highest BCUT2D eigenvalue weighted by Crippen LogP contribution is 2.29. The van der Waals surface area contributed by atoms with Crippen molar-refractivity contribution in [1.29, 1.82) is 0 Å². The molecule has 0 radical (unpaired) electrons. The molecule has 1 aliphatic rings. The van der Waals surface area contributed by atoms with E-state index in [1.165, 1.54) is 30.3 Å². The molecule has 1 aliphatic heterocycles. The summed E-state index contributed by atoms with van der Waals surface area (Å²) < 4.78 is 59.5. The largest absolute Gasteiger partial charge is 0.453 e. The quantitative estimate of drug-likeness (QED) is 0.603. The number of alkyl carbamates (subject to hydrolysis) is 1. The number of fused-ring (bicyclic) bond motifs is 1. The van der Waals surface area contributed by atoms with Gasteiger partial charge < -0.3 is 15.0 Å². The molecule has 3 aromatic rings. The number of nitrogens with zero attached hydrogens (tertiary/aromatic N) is 4. The van der Waals surface area contributed by atoms with Crippen molar-refractivity contribution in [3.05, 3.63) is 47.8 Å². The lowest BCUT2D eigenvalue weighted by atomic mass is 10.0. The number of hydrogen-bond donors (Lipinski definition) is 1. The van der Waals surface area contributed by atoms with Gasteiger partial charge in [-0.1, -0.05) is 6.07 Å². The molecule has 4 rings (SSSR count). The first-order valence-electron chi connectivity index (χ1n) is 9.49. The molecule has 2 aromatic heterocycles. The zero-order valence-electron chi connectivity index (χ0n) is 16.7. The molecule has 1 N–H and O–H groups in total. The Hall–Kier alpha value is -3.70. The van der Waals surface area contributed by atoms with E-state index in [1.807, 2.05) is 0 Å². The van der Waals surface area contributed by atoms with Gasteiger partial charge in [0.25, 0.3) is 12.4 Å². The number of carbonyl (C=O) groups is 2. The minimum absolute atomic E-state index is 0.0911. The first-order valence-corrected chi connectivity index (χ1v) is 9.49. The molecule has 32 heavy (non-hydrogen) atoms. The molecule has 0 atom stereocenters. The maximum absolute atomic E-state index is 14.2. The Bertz CT molecular complexity index is 1190. The SMILES string of the molecule is COC(=O)NC1CN(C(=O)Cn2nc(F)c3ncc(-c4ccc(F)c(C(F)F)c4)cc32)C1. The highest BCUT2D eigenvalue weighted by atomic mass is 19.3. The predicted molar refractivity (Wildman–Crippen MR) is 104 cm³/mol. The number of benzene rings is 1. The van der Waals surface area contributed by atoms with Gasteiger partial charge in [-0.25, -0.2) is 22.9 Å². The van der Waals surface area contributed by atoms with Gasteiger partial charge in [-0.05, 0) is 23.8 Å². The van der Waals surface area contributed by atoms with Crippen LogP contribution in [-0.4, -0.2) is 57.9 Å². The van der Waals surface area contributed by atoms with Crippen molar-refractivity contribution >= 4 is 23.0 Å². The normalized spacial score (nSPS) is 14.0. The van der Waals surface area contributed by atoms with Crippen LogP contribution in [0.2, 0.25) is 0 Å². The summed E-state index contributed by atoms with van der Waals surface area (Å²) >= 11 is 0. The smallest absolute Gasteiger partial charge is 0.407 e. The number of hydrogen-bond acceptors (Lipinski definition) is 5. The fraction of sp³-hybridized carbons (Fsp3) is 0.300. The van der Waals surface area contributed by atoms with Gasteiger partial charge in [0.1, 0.15) is 17.9 Å². The fourth-order valence-corrected chi connectivity index (χ4v) is 3.41. The molecule has 1 aromatic carbocycles. The van der Waals surface area contributed by atoms with E-state index in [1.54, 1.807) is 0 Å². The van der Waals surface area contributed by atoms with Gasteiger partial charge >= 0.3 is 6.09 Å². The van der Waals surface area contributed by atoms with Crippen LogP contribution in [0.25, 0.3) is 22.2 Å². The molecule has 0 bridgehead atoms. The van der Waals surface area contributed by atoms with Crippen molar-refractivity contribution in [3.8, 4) is 11.1 Å². The maximum Gasteiger partial charge on any atom is 0.407 e. The van der Waals surface area contributed by atoms with Gasteiger partial charge in [0.2, 0.25) is 5.91 Å². The van der Waals surface area contributed by atoms with Crippen LogP contribution in [0.5, 0.6) is 0 Å². The molecule has 12 heteroatoms. The lowest BCUT2D eigenvalue weighted by Gasteiger charge is -2.39. The highest BCUT2D eigenvalue weighted by molar-refractivity contribution is 5.84. The minimum atomic E-state index is -3.00. The van der Waals surface area contributed by atoms with Crippen molar-refractivity contribution in [2.75, 3.05) is 20.2 Å². The Morgan fingerprint density at radius 3 is 2.66 bits per heavy atom. The standard InChI is InChI=1S/C20H17F4N5O3/c1-32-20(31)26-12-7-28(8-12)16(30)9-29-15-5-11(6-25-17(15)19(24)27-29)10-2-3-14(21)13(4-10)18(22)23/h2-6,12,18H,7-9H2,1H3,(H,26,31). The topological polar surface area (TPSA) is 89.4 Å². The summed E-state index contributed by atoms with van der Waals surface area (Å²) in [5.41, 5.74) is -0.0765. The summed E-state index contributed by atoms with van der Waals surface area (Å²) in [6.45, 7) is 0.248. The van der Waals surface area contributed by atoms with Crippen molar-refractivity contribution in [1.82, 2.24) is 25.0 Å². The first-order chi connectivity index (χ1) is 15.3. The molecule has 2 amide bonds. The second kappa shape index (κ2) is 8.44. The molecule has 1 fully saturated rings. The zero-order valence-corrected chi connectivity index (χ0v) is 16.7. The minimum Gasteiger partial charge on any atom is -0.453 e. The fourth-order valence-electron chi connectivity index (χ4n) is 3.41. The summed E-state index contributed by atoms with van der Waals surface area (Å²) in [5, 5.41) is 6.28. The van der Waals surface area contributed by atoms with Crippen molar-refractivity contribution in [2.45, 2.75) is 19.0 Å². The van der Waals surface area contributed by atoms with E-state index >= 15 is 0 Å². The number of aromatic nitrogens is 3. The second-order valence-electron chi connectivity index (χ2n) is 7.21. The maximum atomic E-state index is 14.2. The molecule has 0 spiro atoms. The Kier molecular flexibility index (Phi) is 5.68. The molecule has 168 valence electrons. The molecular formula is C20H17F4N5O3. The summed E-state index contributed by atoms with van der Waals surface area (Å²) in [7, 11) is 1.23. The van der Waals surface area contributed by atoms with Crippen LogP contribution in [0.1, 0.15) is 12.0 Å². The zero-order chi connectivity index (χ0) is 23.0. The Morgan fingerprint density at radius 1 is 1.22 bits per heavy atom. The number of halogens is 4. The predicted octanol–water partition coefficient (Wildman–Crippen LogP) is 2.88. The lowest BCUT2D eigenvalue weighted by molar-refractivity contribution is -0.136. The number of nitrogens with one attached hydrogen (secondary N) is 1. The third-order valence-corrected chi connectivity index (χ3v) is 5.14. The van der Waals surface area contributed by atoms with Crippen LogP contribution in [0.4, 0.5) is 22.4 Å². The third-order valence-electron chi connectivity index (χ3n) is 5.14. The molecule has 1 saturated heterocycles. The molecular weight excluding hydrogens is 434 g/mol. The van der Waals surface area contributed by atoms with E-state index in [4.69, 9.17) is 0 Å². The molecule has 3 heterocycles. The van der Waals surface area contributed by atoms with Crippen LogP contribution in [0.15, 0.2) is 30.5 Å². The van der Waals surface area contributed by atoms with Crippen LogP contribution in [0, 0.1) is 11.8 Å². The molecule has 8 nitrogen and oxygen atoms in total. The number of likely N-dealkylation sites (tertiary alicyclic amines) is 1. The number of alkyl halides is 2. The molecule has 0 aliphatic carbocycles. The van der Waals surface area contributed by atoms with Crippen LogP contribution >= 0.6 is 0 Å². The first kappa shape index (κ1) is 21.5. The van der Waals surface area contributed by atoms with Gasteiger partial charge in [-0.3, -0.25) is 9.48 Å². The van der Waals surface area contributed by atoms with E-state index in [0.717, 1.165) is 16.8 Å². The van der Waals surface area contributed by atoms with Gasteiger partial charge in [-0.15, -0.1) is 5.10 Å². The second-order valence-corrected chi connectivity index (χ2v) is 7.21. The van der Waals surface area contributed by atoms with Crippen molar-refractivity contribution in [3.63, 3.8) is 0 Å². The third kappa shape index (κ3) is 4.07. The number of ether oxygens (including phenoxy) is 1. The number of pyridine rings is 1. The van der Waals surface area contributed by atoms with E-state index in [0.29, 0.717) is 5.56 Å². The van der Waals surface area contributed by atoms with Gasteiger partial charge in [-0.2, -0.15) is 4.39 Å². The van der Waals surface area contributed by atoms with Crippen LogP contribution in [-0.2, 0) is 16.1 Å². The van der Waals surface area contributed by atoms with Gasteiger partial charge in [0.05, 0.1) is 24.2 Å². The average molecular weight is 451 g/mol. The van der Waals surface area contributed by atoms with Crippen LogP contribution < -0.4 is 5.32 Å². The van der Waals surface area contributed by atoms with E-state index < -0.39 is 29.8 Å². The van der Waals surface area contributed by atoms with Crippen LogP contribution in [0.3, 0.4) is 0 Å². The van der Waals surface area contributed by atoms with Crippen molar-refractivity contribution in [2.24, 2.45) is 0 Å². The summed E-state index contributed by atoms with van der Waals surface area (Å²) in [6, 6.07) is 4.44.